The first-order valence-electron chi connectivity index (χ1n) is 5.78. The van der Waals surface area contributed by atoms with Gasteiger partial charge in [0.05, 0.1) is 6.10 Å². The van der Waals surface area contributed by atoms with E-state index in [0.717, 1.165) is 17.5 Å². The van der Waals surface area contributed by atoms with Crippen molar-refractivity contribution in [3.63, 3.8) is 0 Å². The van der Waals surface area contributed by atoms with Crippen molar-refractivity contribution in [3.8, 4) is 0 Å². The minimum atomic E-state index is -0.308. The van der Waals surface area contributed by atoms with Crippen LogP contribution in [-0.4, -0.2) is 5.11 Å². The summed E-state index contributed by atoms with van der Waals surface area (Å²) in [7, 11) is 0. The van der Waals surface area contributed by atoms with E-state index in [2.05, 4.69) is 25.1 Å². The number of aliphatic hydroxyl groups excluding tert-OH is 1. The molecule has 1 aromatic rings. The van der Waals surface area contributed by atoms with E-state index in [1.165, 1.54) is 12.8 Å². The van der Waals surface area contributed by atoms with Crippen LogP contribution >= 0.6 is 0 Å². The number of benzene rings is 1. The Bertz CT molecular complexity index is 354. The number of unbranched alkanes of at least 4 members (excludes halogenated alkanes) is 1. The third-order valence-electron chi connectivity index (χ3n) is 3.13. The Balaban J connectivity index is 2.18. The van der Waals surface area contributed by atoms with Gasteiger partial charge >= 0.3 is 0 Å². The summed E-state index contributed by atoms with van der Waals surface area (Å²) in [6, 6.07) is 8.11. The van der Waals surface area contributed by atoms with Crippen LogP contribution in [0.4, 0.5) is 0 Å². The van der Waals surface area contributed by atoms with Gasteiger partial charge in [0, 0.05) is 5.92 Å². The monoisotopic (exact) mass is 202 g/mol. The molecule has 0 spiro atoms. The van der Waals surface area contributed by atoms with Gasteiger partial charge in [0.25, 0.3) is 0 Å². The number of rotatable bonds is 3. The van der Waals surface area contributed by atoms with Crippen molar-refractivity contribution in [3.05, 3.63) is 41.5 Å². The molecule has 0 fully saturated rings. The van der Waals surface area contributed by atoms with E-state index in [0.29, 0.717) is 5.92 Å². The van der Waals surface area contributed by atoms with Crippen LogP contribution < -0.4 is 0 Å². The molecule has 80 valence electrons. The van der Waals surface area contributed by atoms with E-state index in [-0.39, 0.29) is 6.10 Å². The van der Waals surface area contributed by atoms with Crippen LogP contribution in [0.5, 0.6) is 0 Å². The van der Waals surface area contributed by atoms with E-state index < -0.39 is 0 Å². The Morgan fingerprint density at radius 1 is 1.27 bits per heavy atom. The molecule has 0 aliphatic heterocycles. The second kappa shape index (κ2) is 4.63. The van der Waals surface area contributed by atoms with Gasteiger partial charge in [0.15, 0.2) is 0 Å². The molecule has 2 rings (SSSR count). The minimum absolute atomic E-state index is 0.305. The summed E-state index contributed by atoms with van der Waals surface area (Å²) < 4.78 is 0. The molecule has 0 radical (unpaired) electrons. The fourth-order valence-electron chi connectivity index (χ4n) is 2.19. The normalized spacial score (nSPS) is 23.9. The standard InChI is InChI=1S/C14H18O/c1-2-3-6-12-10-9-11-7-4-5-8-13(11)14(12)15/h4-5,7-10,12,14-15H,2-3,6H2,1H3/t12-,14-/m0/s1. The van der Waals surface area contributed by atoms with Crippen LogP contribution in [0, 0.1) is 5.92 Å². The van der Waals surface area contributed by atoms with Gasteiger partial charge in [0.1, 0.15) is 0 Å². The molecule has 1 heteroatoms. The van der Waals surface area contributed by atoms with Gasteiger partial charge in [-0.1, -0.05) is 56.2 Å². The largest absolute Gasteiger partial charge is 0.388 e. The van der Waals surface area contributed by atoms with Crippen LogP contribution in [0.1, 0.15) is 43.4 Å². The Labute approximate surface area is 91.4 Å². The van der Waals surface area contributed by atoms with Crippen LogP contribution in [0.15, 0.2) is 30.3 Å². The van der Waals surface area contributed by atoms with E-state index in [1.807, 2.05) is 18.2 Å². The lowest BCUT2D eigenvalue weighted by Crippen LogP contribution is -2.14. The molecule has 15 heavy (non-hydrogen) atoms. The first-order chi connectivity index (χ1) is 7.33. The molecule has 2 atom stereocenters. The van der Waals surface area contributed by atoms with Crippen LogP contribution in [0.2, 0.25) is 0 Å². The highest BCUT2D eigenvalue weighted by atomic mass is 16.3. The van der Waals surface area contributed by atoms with Gasteiger partial charge in [-0.2, -0.15) is 0 Å². The van der Waals surface area contributed by atoms with E-state index in [4.69, 9.17) is 0 Å². The van der Waals surface area contributed by atoms with Crippen LogP contribution in [0.25, 0.3) is 6.08 Å². The third kappa shape index (κ3) is 2.13. The molecule has 0 heterocycles. The molecule has 0 unspecified atom stereocenters. The molecule has 0 amide bonds. The number of fused-ring (bicyclic) bond motifs is 1. The number of hydrogen-bond acceptors (Lipinski definition) is 1. The topological polar surface area (TPSA) is 20.2 Å². The summed E-state index contributed by atoms with van der Waals surface area (Å²) in [5.41, 5.74) is 2.25. The summed E-state index contributed by atoms with van der Waals surface area (Å²) in [4.78, 5) is 0. The van der Waals surface area contributed by atoms with Crippen molar-refractivity contribution in [1.82, 2.24) is 0 Å². The molecule has 0 bridgehead atoms. The van der Waals surface area contributed by atoms with E-state index in [9.17, 15) is 5.11 Å². The molecular formula is C14H18O. The number of aliphatic hydroxyl groups is 1. The smallest absolute Gasteiger partial charge is 0.0858 e. The molecular weight excluding hydrogens is 184 g/mol. The van der Waals surface area contributed by atoms with Crippen LogP contribution in [-0.2, 0) is 0 Å². The van der Waals surface area contributed by atoms with Gasteiger partial charge < -0.3 is 5.11 Å². The quantitative estimate of drug-likeness (QED) is 0.794. The molecule has 1 aliphatic carbocycles. The van der Waals surface area contributed by atoms with Crippen LogP contribution in [0.3, 0.4) is 0 Å². The SMILES string of the molecule is CCCC[C@H]1C=Cc2ccccc2[C@H]1O. The summed E-state index contributed by atoms with van der Waals surface area (Å²) in [6.07, 6.45) is 7.46. The summed E-state index contributed by atoms with van der Waals surface area (Å²) in [6.45, 7) is 2.19. The zero-order chi connectivity index (χ0) is 10.7. The first-order valence-corrected chi connectivity index (χ1v) is 5.78. The maximum Gasteiger partial charge on any atom is 0.0858 e. The molecule has 0 saturated carbocycles. The molecule has 1 aliphatic rings. The number of hydrogen-bond donors (Lipinski definition) is 1. The lowest BCUT2D eigenvalue weighted by atomic mass is 9.84. The lowest BCUT2D eigenvalue weighted by Gasteiger charge is -2.25. The Morgan fingerprint density at radius 3 is 2.87 bits per heavy atom. The second-order valence-electron chi connectivity index (χ2n) is 4.24. The average Bonchev–Trinajstić information content (AvgIpc) is 2.29. The fourth-order valence-corrected chi connectivity index (χ4v) is 2.19. The zero-order valence-corrected chi connectivity index (χ0v) is 9.19. The Hall–Kier alpha value is -1.08. The zero-order valence-electron chi connectivity index (χ0n) is 9.19. The third-order valence-corrected chi connectivity index (χ3v) is 3.13. The lowest BCUT2D eigenvalue weighted by molar-refractivity contribution is 0.124. The minimum Gasteiger partial charge on any atom is -0.388 e. The molecule has 1 N–H and O–H groups in total. The van der Waals surface area contributed by atoms with Crippen molar-refractivity contribution in [2.45, 2.75) is 32.3 Å². The van der Waals surface area contributed by atoms with Crippen molar-refractivity contribution in [2.24, 2.45) is 5.92 Å². The van der Waals surface area contributed by atoms with E-state index in [1.54, 1.807) is 0 Å². The first kappa shape index (κ1) is 10.4. The highest BCUT2D eigenvalue weighted by Crippen LogP contribution is 2.34. The highest BCUT2D eigenvalue weighted by molar-refractivity contribution is 5.57. The Kier molecular flexibility index (Phi) is 3.22. The van der Waals surface area contributed by atoms with Gasteiger partial charge in [-0.25, -0.2) is 0 Å². The second-order valence-corrected chi connectivity index (χ2v) is 4.24. The van der Waals surface area contributed by atoms with Crippen molar-refractivity contribution in [1.29, 1.82) is 0 Å². The maximum atomic E-state index is 10.2. The molecule has 0 aromatic heterocycles. The van der Waals surface area contributed by atoms with Crippen molar-refractivity contribution < 1.29 is 5.11 Å². The maximum absolute atomic E-state index is 10.2. The van der Waals surface area contributed by atoms with Crippen molar-refractivity contribution >= 4 is 6.08 Å². The highest BCUT2D eigenvalue weighted by Gasteiger charge is 2.22. The summed E-state index contributed by atoms with van der Waals surface area (Å²) in [5, 5.41) is 10.2. The van der Waals surface area contributed by atoms with E-state index >= 15 is 0 Å². The summed E-state index contributed by atoms with van der Waals surface area (Å²) >= 11 is 0. The van der Waals surface area contributed by atoms with Gasteiger partial charge in [0.2, 0.25) is 0 Å². The van der Waals surface area contributed by atoms with Gasteiger partial charge in [-0.15, -0.1) is 0 Å². The predicted octanol–water partition coefficient (Wildman–Crippen LogP) is 3.55. The molecule has 1 nitrogen and oxygen atoms in total. The summed E-state index contributed by atoms with van der Waals surface area (Å²) in [5.74, 6) is 0.305. The fraction of sp³-hybridized carbons (Fsp3) is 0.429. The average molecular weight is 202 g/mol. The van der Waals surface area contributed by atoms with Gasteiger partial charge in [-0.05, 0) is 17.5 Å². The van der Waals surface area contributed by atoms with Crippen molar-refractivity contribution in [2.75, 3.05) is 0 Å². The van der Waals surface area contributed by atoms with Gasteiger partial charge in [-0.3, -0.25) is 0 Å². The molecule has 1 aromatic carbocycles. The Morgan fingerprint density at radius 2 is 2.07 bits per heavy atom. The predicted molar refractivity (Wildman–Crippen MR) is 63.5 cm³/mol. The molecule has 0 saturated heterocycles.